The van der Waals surface area contributed by atoms with Crippen LogP contribution in [0, 0.1) is 5.92 Å². The minimum Gasteiger partial charge on any atom is -0.478 e. The van der Waals surface area contributed by atoms with Gasteiger partial charge in [0.05, 0.1) is 11.5 Å². The zero-order valence-electron chi connectivity index (χ0n) is 13.1. The number of carboxylic acid groups (broad SMARTS) is 1. The topological polar surface area (TPSA) is 86.7 Å². The van der Waals surface area contributed by atoms with Gasteiger partial charge in [-0.1, -0.05) is 15.9 Å². The van der Waals surface area contributed by atoms with Crippen molar-refractivity contribution in [3.8, 4) is 0 Å². The molecule has 6 nitrogen and oxygen atoms in total. The minimum absolute atomic E-state index is 0.0938. The van der Waals surface area contributed by atoms with Gasteiger partial charge in [-0.05, 0) is 48.5 Å². The van der Waals surface area contributed by atoms with Crippen molar-refractivity contribution in [2.24, 2.45) is 5.92 Å². The van der Waals surface area contributed by atoms with Gasteiger partial charge < -0.3 is 15.3 Å². The Hall–Kier alpha value is -2.67. The Morgan fingerprint density at radius 3 is 2.32 bits per heavy atom. The number of halogens is 1. The molecule has 1 aliphatic rings. The summed E-state index contributed by atoms with van der Waals surface area (Å²) in [7, 11) is 0. The number of amides is 2. The van der Waals surface area contributed by atoms with Crippen molar-refractivity contribution >= 4 is 45.1 Å². The lowest BCUT2D eigenvalue weighted by molar-refractivity contribution is -0.122. The molecule has 0 radical (unpaired) electrons. The van der Waals surface area contributed by atoms with Gasteiger partial charge in [-0.15, -0.1) is 0 Å². The van der Waals surface area contributed by atoms with Crippen LogP contribution in [-0.2, 0) is 9.59 Å². The molecule has 1 atom stereocenters. The number of benzene rings is 2. The van der Waals surface area contributed by atoms with Gasteiger partial charge in [0.25, 0.3) is 0 Å². The number of carbonyl (C=O) groups excluding carboxylic acids is 2. The first-order valence-electron chi connectivity index (χ1n) is 7.64. The SMILES string of the molecule is O=C(O)c1ccc(NC(=O)[C@H]2CC(=O)N(c3ccc(Br)cc3)C2)cc1. The molecule has 2 aromatic carbocycles. The molecule has 1 heterocycles. The van der Waals surface area contributed by atoms with Crippen LogP contribution in [0.3, 0.4) is 0 Å². The largest absolute Gasteiger partial charge is 0.478 e. The Labute approximate surface area is 152 Å². The van der Waals surface area contributed by atoms with E-state index in [9.17, 15) is 14.4 Å². The molecule has 0 unspecified atom stereocenters. The second-order valence-corrected chi connectivity index (χ2v) is 6.67. The fourth-order valence-corrected chi connectivity index (χ4v) is 2.96. The lowest BCUT2D eigenvalue weighted by atomic mass is 10.1. The van der Waals surface area contributed by atoms with Gasteiger partial charge in [-0.25, -0.2) is 4.79 Å². The smallest absolute Gasteiger partial charge is 0.335 e. The number of nitrogens with one attached hydrogen (secondary N) is 1. The van der Waals surface area contributed by atoms with Crippen LogP contribution in [0.15, 0.2) is 53.0 Å². The third-order valence-electron chi connectivity index (χ3n) is 4.03. The normalized spacial score (nSPS) is 16.8. The molecule has 2 aromatic rings. The van der Waals surface area contributed by atoms with E-state index in [2.05, 4.69) is 21.2 Å². The highest BCUT2D eigenvalue weighted by molar-refractivity contribution is 9.10. The Bertz CT molecular complexity index is 818. The zero-order valence-corrected chi connectivity index (χ0v) is 14.7. The van der Waals surface area contributed by atoms with E-state index >= 15 is 0 Å². The van der Waals surface area contributed by atoms with E-state index in [-0.39, 0.29) is 23.8 Å². The Morgan fingerprint density at radius 2 is 1.72 bits per heavy atom. The van der Waals surface area contributed by atoms with Crippen molar-refractivity contribution in [1.29, 1.82) is 0 Å². The number of hydrogen-bond acceptors (Lipinski definition) is 3. The minimum atomic E-state index is -1.02. The van der Waals surface area contributed by atoms with Gasteiger partial charge in [0.1, 0.15) is 0 Å². The molecule has 1 aliphatic heterocycles. The van der Waals surface area contributed by atoms with Gasteiger partial charge in [0, 0.05) is 28.8 Å². The van der Waals surface area contributed by atoms with E-state index in [4.69, 9.17) is 5.11 Å². The second kappa shape index (κ2) is 7.06. The van der Waals surface area contributed by atoms with Crippen molar-refractivity contribution in [3.05, 3.63) is 58.6 Å². The van der Waals surface area contributed by atoms with Crippen LogP contribution in [0.25, 0.3) is 0 Å². The molecular weight excluding hydrogens is 388 g/mol. The van der Waals surface area contributed by atoms with Crippen molar-refractivity contribution in [2.45, 2.75) is 6.42 Å². The summed E-state index contributed by atoms with van der Waals surface area (Å²) in [4.78, 5) is 37.1. The number of carboxylic acids is 1. The van der Waals surface area contributed by atoms with Crippen LogP contribution < -0.4 is 10.2 Å². The van der Waals surface area contributed by atoms with Gasteiger partial charge >= 0.3 is 5.97 Å². The van der Waals surface area contributed by atoms with Gasteiger partial charge in [0.15, 0.2) is 0 Å². The molecule has 3 rings (SSSR count). The number of nitrogens with zero attached hydrogens (tertiary/aromatic N) is 1. The maximum atomic E-state index is 12.4. The Morgan fingerprint density at radius 1 is 1.08 bits per heavy atom. The number of hydrogen-bond donors (Lipinski definition) is 2. The predicted molar refractivity (Wildman–Crippen MR) is 96.6 cm³/mol. The summed E-state index contributed by atoms with van der Waals surface area (Å²) in [5, 5.41) is 11.6. The fourth-order valence-electron chi connectivity index (χ4n) is 2.69. The van der Waals surface area contributed by atoms with E-state index in [1.54, 1.807) is 4.90 Å². The van der Waals surface area contributed by atoms with E-state index < -0.39 is 11.9 Å². The van der Waals surface area contributed by atoms with Crippen molar-refractivity contribution in [3.63, 3.8) is 0 Å². The van der Waals surface area contributed by atoms with Crippen LogP contribution in [0.2, 0.25) is 0 Å². The monoisotopic (exact) mass is 402 g/mol. The standard InChI is InChI=1S/C18H15BrN2O4/c19-13-3-7-15(8-4-13)21-10-12(9-16(21)22)17(23)20-14-5-1-11(2-6-14)18(24)25/h1-8,12H,9-10H2,(H,20,23)(H,24,25)/t12-/m0/s1. The van der Waals surface area contributed by atoms with Gasteiger partial charge in [-0.3, -0.25) is 9.59 Å². The predicted octanol–water partition coefficient (Wildman–Crippen LogP) is 3.14. The van der Waals surface area contributed by atoms with E-state index in [0.717, 1.165) is 10.2 Å². The third-order valence-corrected chi connectivity index (χ3v) is 4.56. The number of anilines is 2. The molecule has 0 aromatic heterocycles. The van der Waals surface area contributed by atoms with Crippen molar-refractivity contribution < 1.29 is 19.5 Å². The van der Waals surface area contributed by atoms with E-state index in [1.165, 1.54) is 24.3 Å². The summed E-state index contributed by atoms with van der Waals surface area (Å²) >= 11 is 3.35. The molecule has 25 heavy (non-hydrogen) atoms. The Kier molecular flexibility index (Phi) is 4.85. The maximum Gasteiger partial charge on any atom is 0.335 e. The molecule has 1 saturated heterocycles. The molecular formula is C18H15BrN2O4. The molecule has 0 bridgehead atoms. The first kappa shape index (κ1) is 17.2. The van der Waals surface area contributed by atoms with Crippen molar-refractivity contribution in [1.82, 2.24) is 0 Å². The van der Waals surface area contributed by atoms with E-state index in [0.29, 0.717) is 12.2 Å². The summed E-state index contributed by atoms with van der Waals surface area (Å²) < 4.78 is 0.919. The van der Waals surface area contributed by atoms with Crippen LogP contribution in [0.4, 0.5) is 11.4 Å². The highest BCUT2D eigenvalue weighted by Gasteiger charge is 2.35. The van der Waals surface area contributed by atoms with Gasteiger partial charge in [-0.2, -0.15) is 0 Å². The molecule has 2 amide bonds. The van der Waals surface area contributed by atoms with E-state index in [1.807, 2.05) is 24.3 Å². The summed E-state index contributed by atoms with van der Waals surface area (Å²) in [6.45, 7) is 0.319. The van der Waals surface area contributed by atoms with Crippen LogP contribution in [0.1, 0.15) is 16.8 Å². The molecule has 0 spiro atoms. The molecule has 0 aliphatic carbocycles. The highest BCUT2D eigenvalue weighted by Crippen LogP contribution is 2.27. The summed E-state index contributed by atoms with van der Waals surface area (Å²) in [6.07, 6.45) is 0.148. The molecule has 128 valence electrons. The lowest BCUT2D eigenvalue weighted by Gasteiger charge is -2.16. The van der Waals surface area contributed by atoms with Crippen molar-refractivity contribution in [2.75, 3.05) is 16.8 Å². The first-order chi connectivity index (χ1) is 11.9. The van der Waals surface area contributed by atoms with Crippen LogP contribution >= 0.6 is 15.9 Å². The van der Waals surface area contributed by atoms with Crippen LogP contribution in [0.5, 0.6) is 0 Å². The molecule has 7 heteroatoms. The number of carbonyl (C=O) groups is 3. The third kappa shape index (κ3) is 3.88. The fraction of sp³-hybridized carbons (Fsp3) is 0.167. The average Bonchev–Trinajstić information content (AvgIpc) is 2.98. The summed E-state index contributed by atoms with van der Waals surface area (Å²) in [5.41, 5.74) is 1.41. The number of aromatic carboxylic acids is 1. The second-order valence-electron chi connectivity index (χ2n) is 5.75. The summed E-state index contributed by atoms with van der Waals surface area (Å²) in [6, 6.07) is 13.3. The highest BCUT2D eigenvalue weighted by atomic mass is 79.9. The zero-order chi connectivity index (χ0) is 18.0. The molecule has 2 N–H and O–H groups in total. The first-order valence-corrected chi connectivity index (χ1v) is 8.43. The maximum absolute atomic E-state index is 12.4. The Balaban J connectivity index is 1.66. The van der Waals surface area contributed by atoms with Gasteiger partial charge in [0.2, 0.25) is 11.8 Å². The average molecular weight is 403 g/mol. The molecule has 1 fully saturated rings. The molecule has 0 saturated carbocycles. The summed E-state index contributed by atoms with van der Waals surface area (Å²) in [5.74, 6) is -1.82. The van der Waals surface area contributed by atoms with Crippen LogP contribution in [-0.4, -0.2) is 29.4 Å². The lowest BCUT2D eigenvalue weighted by Crippen LogP contribution is -2.28. The quantitative estimate of drug-likeness (QED) is 0.822. The number of rotatable bonds is 4.